The molecule has 2 aromatic carbocycles. The maximum atomic E-state index is 6.21. The van der Waals surface area contributed by atoms with Crippen LogP contribution in [0.15, 0.2) is 40.9 Å². The topological polar surface area (TPSA) is 43.8 Å². The van der Waals surface area contributed by atoms with Gasteiger partial charge in [0.15, 0.2) is 0 Å². The summed E-state index contributed by atoms with van der Waals surface area (Å²) in [7, 11) is 0. The molecule has 0 saturated carbocycles. The number of nitrogens with zero attached hydrogens (tertiary/aromatic N) is 2. The van der Waals surface area contributed by atoms with E-state index in [1.165, 1.54) is 0 Å². The molecule has 3 nitrogen and oxygen atoms in total. The molecule has 21 heavy (non-hydrogen) atoms. The first-order valence-electron chi connectivity index (χ1n) is 6.71. The molecule has 0 atom stereocenters. The first-order chi connectivity index (χ1) is 9.99. The van der Waals surface area contributed by atoms with Gasteiger partial charge in [0, 0.05) is 21.1 Å². The minimum Gasteiger partial charge on any atom is -0.397 e. The van der Waals surface area contributed by atoms with Gasteiger partial charge in [-0.25, -0.2) is 4.98 Å². The SMILES string of the molecule is CC(C)n1c(-c2cccc(Br)c2N)nc2cc(Cl)ccc21. The van der Waals surface area contributed by atoms with Crippen molar-refractivity contribution in [1.29, 1.82) is 0 Å². The molecular weight excluding hydrogens is 350 g/mol. The number of halogens is 2. The first kappa shape index (κ1) is 14.4. The third kappa shape index (κ3) is 2.43. The third-order valence-electron chi connectivity index (χ3n) is 3.46. The lowest BCUT2D eigenvalue weighted by Crippen LogP contribution is -2.04. The van der Waals surface area contributed by atoms with Crippen molar-refractivity contribution in [3.8, 4) is 11.4 Å². The molecule has 0 fully saturated rings. The van der Waals surface area contributed by atoms with Crippen LogP contribution in [-0.2, 0) is 0 Å². The molecular formula is C16H15BrClN3. The fraction of sp³-hybridized carbons (Fsp3) is 0.188. The maximum absolute atomic E-state index is 6.21. The average Bonchev–Trinajstić information content (AvgIpc) is 2.80. The van der Waals surface area contributed by atoms with Gasteiger partial charge < -0.3 is 10.3 Å². The summed E-state index contributed by atoms with van der Waals surface area (Å²) in [4.78, 5) is 4.74. The van der Waals surface area contributed by atoms with E-state index in [1.54, 1.807) is 0 Å². The number of rotatable bonds is 2. The van der Waals surface area contributed by atoms with E-state index >= 15 is 0 Å². The third-order valence-corrected chi connectivity index (χ3v) is 4.39. The summed E-state index contributed by atoms with van der Waals surface area (Å²) in [6, 6.07) is 11.9. The van der Waals surface area contributed by atoms with Gasteiger partial charge in [0.2, 0.25) is 0 Å². The lowest BCUT2D eigenvalue weighted by Gasteiger charge is -2.14. The molecule has 3 aromatic rings. The van der Waals surface area contributed by atoms with Crippen LogP contribution in [-0.4, -0.2) is 9.55 Å². The molecule has 108 valence electrons. The van der Waals surface area contributed by atoms with E-state index in [-0.39, 0.29) is 6.04 Å². The molecule has 0 aliphatic heterocycles. The Balaban J connectivity index is 2.36. The summed E-state index contributed by atoms with van der Waals surface area (Å²) in [5.41, 5.74) is 9.77. The van der Waals surface area contributed by atoms with Gasteiger partial charge in [-0.3, -0.25) is 0 Å². The van der Waals surface area contributed by atoms with Gasteiger partial charge in [-0.15, -0.1) is 0 Å². The minimum absolute atomic E-state index is 0.268. The van der Waals surface area contributed by atoms with Crippen LogP contribution in [0.1, 0.15) is 19.9 Å². The maximum Gasteiger partial charge on any atom is 0.143 e. The Morgan fingerprint density at radius 2 is 2.00 bits per heavy atom. The minimum atomic E-state index is 0.268. The second kappa shape index (κ2) is 5.35. The van der Waals surface area contributed by atoms with Crippen LogP contribution < -0.4 is 5.73 Å². The summed E-state index contributed by atoms with van der Waals surface area (Å²) in [6.07, 6.45) is 0. The van der Waals surface area contributed by atoms with Crippen molar-refractivity contribution in [2.45, 2.75) is 19.9 Å². The van der Waals surface area contributed by atoms with E-state index in [4.69, 9.17) is 22.3 Å². The van der Waals surface area contributed by atoms with Gasteiger partial charge in [0.25, 0.3) is 0 Å². The Labute approximate surface area is 136 Å². The van der Waals surface area contributed by atoms with E-state index in [9.17, 15) is 0 Å². The summed E-state index contributed by atoms with van der Waals surface area (Å²) < 4.78 is 3.06. The number of nitrogen functional groups attached to an aromatic ring is 1. The molecule has 0 aliphatic rings. The lowest BCUT2D eigenvalue weighted by atomic mass is 10.1. The number of anilines is 1. The standard InChI is InChI=1S/C16H15BrClN3/c1-9(2)21-14-7-6-10(18)8-13(14)20-16(21)11-4-3-5-12(17)15(11)19/h3-9H,19H2,1-2H3. The highest BCUT2D eigenvalue weighted by molar-refractivity contribution is 9.10. The van der Waals surface area contributed by atoms with Crippen molar-refractivity contribution < 1.29 is 0 Å². The normalized spacial score (nSPS) is 11.5. The van der Waals surface area contributed by atoms with E-state index in [2.05, 4.69) is 34.3 Å². The zero-order valence-corrected chi connectivity index (χ0v) is 14.1. The summed E-state index contributed by atoms with van der Waals surface area (Å²) in [5, 5.41) is 0.685. The number of para-hydroxylation sites is 1. The number of imidazole rings is 1. The van der Waals surface area contributed by atoms with Crippen molar-refractivity contribution in [2.75, 3.05) is 5.73 Å². The van der Waals surface area contributed by atoms with Gasteiger partial charge in [0.1, 0.15) is 5.82 Å². The molecule has 0 unspecified atom stereocenters. The van der Waals surface area contributed by atoms with Crippen molar-refractivity contribution in [2.24, 2.45) is 0 Å². The number of benzene rings is 2. The predicted molar refractivity (Wildman–Crippen MR) is 92.7 cm³/mol. The van der Waals surface area contributed by atoms with Crippen LogP contribution in [0, 0.1) is 0 Å². The smallest absolute Gasteiger partial charge is 0.143 e. The second-order valence-corrected chi connectivity index (χ2v) is 6.52. The molecule has 3 rings (SSSR count). The Morgan fingerprint density at radius 3 is 2.71 bits per heavy atom. The van der Waals surface area contributed by atoms with Crippen LogP contribution in [0.25, 0.3) is 22.4 Å². The fourth-order valence-electron chi connectivity index (χ4n) is 2.52. The largest absolute Gasteiger partial charge is 0.397 e. The van der Waals surface area contributed by atoms with Crippen LogP contribution in [0.3, 0.4) is 0 Å². The highest BCUT2D eigenvalue weighted by Gasteiger charge is 2.17. The van der Waals surface area contributed by atoms with Crippen LogP contribution in [0.2, 0.25) is 5.02 Å². The summed E-state index contributed by atoms with van der Waals surface area (Å²) in [6.45, 7) is 4.26. The van der Waals surface area contributed by atoms with Gasteiger partial charge in [0.05, 0.1) is 16.7 Å². The summed E-state index contributed by atoms with van der Waals surface area (Å²) in [5.74, 6) is 0.862. The van der Waals surface area contributed by atoms with Crippen molar-refractivity contribution in [3.05, 3.63) is 45.9 Å². The number of nitrogens with two attached hydrogens (primary N) is 1. The molecule has 1 heterocycles. The van der Waals surface area contributed by atoms with Crippen molar-refractivity contribution in [3.63, 3.8) is 0 Å². The fourth-order valence-corrected chi connectivity index (χ4v) is 3.05. The molecule has 1 aromatic heterocycles. The number of aromatic nitrogens is 2. The quantitative estimate of drug-likeness (QED) is 0.628. The first-order valence-corrected chi connectivity index (χ1v) is 7.88. The van der Waals surface area contributed by atoms with Crippen LogP contribution >= 0.6 is 27.5 Å². The van der Waals surface area contributed by atoms with E-state index < -0.39 is 0 Å². The van der Waals surface area contributed by atoms with Crippen molar-refractivity contribution in [1.82, 2.24) is 9.55 Å². The second-order valence-electron chi connectivity index (χ2n) is 5.23. The zero-order chi connectivity index (χ0) is 15.1. The molecule has 2 N–H and O–H groups in total. The van der Waals surface area contributed by atoms with Crippen molar-refractivity contribution >= 4 is 44.3 Å². The Hall–Kier alpha value is -1.52. The number of fused-ring (bicyclic) bond motifs is 1. The Kier molecular flexibility index (Phi) is 3.68. The molecule has 0 radical (unpaired) electrons. The van der Waals surface area contributed by atoms with Crippen LogP contribution in [0.5, 0.6) is 0 Å². The van der Waals surface area contributed by atoms with Gasteiger partial charge in [-0.05, 0) is 60.1 Å². The monoisotopic (exact) mass is 363 g/mol. The average molecular weight is 365 g/mol. The summed E-state index contributed by atoms with van der Waals surface area (Å²) >= 11 is 9.56. The molecule has 0 saturated heterocycles. The highest BCUT2D eigenvalue weighted by atomic mass is 79.9. The predicted octanol–water partition coefficient (Wildman–Crippen LogP) is 5.28. The van der Waals surface area contributed by atoms with Gasteiger partial charge >= 0.3 is 0 Å². The molecule has 0 bridgehead atoms. The van der Waals surface area contributed by atoms with E-state index in [1.807, 2.05) is 36.4 Å². The number of hydrogen-bond donors (Lipinski definition) is 1. The molecule has 5 heteroatoms. The van der Waals surface area contributed by atoms with E-state index in [0.717, 1.165) is 26.9 Å². The van der Waals surface area contributed by atoms with E-state index in [0.29, 0.717) is 10.7 Å². The Morgan fingerprint density at radius 1 is 1.24 bits per heavy atom. The molecule has 0 amide bonds. The highest BCUT2D eigenvalue weighted by Crippen LogP contribution is 2.35. The number of hydrogen-bond acceptors (Lipinski definition) is 2. The van der Waals surface area contributed by atoms with Gasteiger partial charge in [-0.2, -0.15) is 0 Å². The van der Waals surface area contributed by atoms with Crippen LogP contribution in [0.4, 0.5) is 5.69 Å². The molecule has 0 aliphatic carbocycles. The van der Waals surface area contributed by atoms with Gasteiger partial charge in [-0.1, -0.05) is 17.7 Å². The molecule has 0 spiro atoms. The lowest BCUT2D eigenvalue weighted by molar-refractivity contribution is 0.624. The Bertz CT molecular complexity index is 824. The zero-order valence-electron chi connectivity index (χ0n) is 11.8.